The predicted molar refractivity (Wildman–Crippen MR) is 199 cm³/mol. The number of urea groups is 1. The molecule has 2 heterocycles. The monoisotopic (exact) mass is 792 g/mol. The number of nitrogens with two attached hydrogens (primary N) is 1. The molecule has 3 amide bonds. The highest BCUT2D eigenvalue weighted by atomic mass is 35.5. The second-order valence-electron chi connectivity index (χ2n) is 12.4. The molecule has 4 aromatic rings. The molecule has 0 spiro atoms. The van der Waals surface area contributed by atoms with Crippen LogP contribution in [0.2, 0.25) is 5.02 Å². The first-order valence-corrected chi connectivity index (χ1v) is 18.7. The minimum Gasteiger partial charge on any atom is -0.492 e. The molecule has 1 atom stereocenters. The Bertz CT molecular complexity index is 2110. The van der Waals surface area contributed by atoms with E-state index in [1.54, 1.807) is 61.3 Å². The summed E-state index contributed by atoms with van der Waals surface area (Å²) in [6, 6.07) is 15.9. The minimum atomic E-state index is -5.08. The Hall–Kier alpha value is -5.29. The molecular weight excluding hydrogens is 753 g/mol. The number of benzene rings is 3. The number of aromatic nitrogens is 1. The molecule has 0 aliphatic carbocycles. The molecule has 1 fully saturated rings. The molecule has 1 saturated heterocycles. The topological polar surface area (TPSA) is 193 Å². The largest absolute Gasteiger partial charge is 0.492 e. The molecule has 1 aliphatic rings. The third-order valence-corrected chi connectivity index (χ3v) is 10.8. The number of carboxylic acid groups (broad SMARTS) is 1. The lowest BCUT2D eigenvalue weighted by molar-refractivity contribution is -0.192. The van der Waals surface area contributed by atoms with Crippen LogP contribution in [-0.2, 0) is 26.0 Å². The van der Waals surface area contributed by atoms with E-state index in [0.717, 1.165) is 23.6 Å². The number of likely N-dealkylation sites (tertiary alicyclic amines) is 1. The van der Waals surface area contributed by atoms with Crippen molar-refractivity contribution < 1.29 is 45.8 Å². The molecular formula is C36H40ClF3N6O7S. The van der Waals surface area contributed by atoms with E-state index in [1.165, 1.54) is 6.07 Å². The molecule has 54 heavy (non-hydrogen) atoms. The average Bonchev–Trinajstić information content (AvgIpc) is 3.66. The van der Waals surface area contributed by atoms with Crippen LogP contribution in [0, 0.1) is 0 Å². The smallest absolute Gasteiger partial charge is 0.490 e. The van der Waals surface area contributed by atoms with Crippen LogP contribution in [-0.4, -0.2) is 72.4 Å². The maximum absolute atomic E-state index is 14.0. The number of sulfone groups is 1. The number of nitrogens with one attached hydrogen (secondary N) is 3. The predicted octanol–water partition coefficient (Wildman–Crippen LogP) is 6.78. The number of fused-ring (bicyclic) bond motifs is 1. The fraction of sp³-hybridized carbons (Fsp3) is 0.333. The second-order valence-corrected chi connectivity index (χ2v) is 15.3. The zero-order chi connectivity index (χ0) is 39.8. The number of carbonyl (C=O) groups excluding carboxylic acids is 2. The van der Waals surface area contributed by atoms with E-state index >= 15 is 0 Å². The van der Waals surface area contributed by atoms with E-state index in [1.807, 2.05) is 25.1 Å². The molecule has 1 aromatic heterocycles. The number of hydrogen-bond acceptors (Lipinski definition) is 9. The Morgan fingerprint density at radius 3 is 2.31 bits per heavy atom. The molecule has 6 N–H and O–H groups in total. The van der Waals surface area contributed by atoms with E-state index in [-0.39, 0.29) is 17.5 Å². The number of anilines is 3. The van der Waals surface area contributed by atoms with Crippen molar-refractivity contribution in [2.24, 2.45) is 0 Å². The van der Waals surface area contributed by atoms with E-state index in [9.17, 15) is 31.2 Å². The van der Waals surface area contributed by atoms with E-state index in [4.69, 9.17) is 32.0 Å². The van der Waals surface area contributed by atoms with Gasteiger partial charge in [0.2, 0.25) is 5.91 Å². The van der Waals surface area contributed by atoms with Gasteiger partial charge in [-0.05, 0) is 105 Å². The summed E-state index contributed by atoms with van der Waals surface area (Å²) in [5, 5.41) is 17.6. The lowest BCUT2D eigenvalue weighted by atomic mass is 10.0. The number of nitrogen functional groups attached to an aromatic ring is 1. The van der Waals surface area contributed by atoms with Gasteiger partial charge in [-0.3, -0.25) is 4.79 Å². The Kier molecular flexibility index (Phi) is 13.6. The molecule has 18 heteroatoms. The summed E-state index contributed by atoms with van der Waals surface area (Å²) < 4.78 is 64.1. The van der Waals surface area contributed by atoms with Gasteiger partial charge in [-0.15, -0.1) is 0 Å². The van der Waals surface area contributed by atoms with Crippen LogP contribution in [0.25, 0.3) is 10.8 Å². The Balaban J connectivity index is 0.000000845. The van der Waals surface area contributed by atoms with Gasteiger partial charge in [-0.25, -0.2) is 23.0 Å². The van der Waals surface area contributed by atoms with Gasteiger partial charge in [-0.1, -0.05) is 17.7 Å². The number of aliphatic carboxylic acids is 1. The van der Waals surface area contributed by atoms with Crippen molar-refractivity contribution in [2.45, 2.75) is 62.5 Å². The highest BCUT2D eigenvalue weighted by Crippen LogP contribution is 2.32. The van der Waals surface area contributed by atoms with E-state index in [0.29, 0.717) is 58.8 Å². The number of rotatable bonds is 11. The third-order valence-electron chi connectivity index (χ3n) is 8.28. The summed E-state index contributed by atoms with van der Waals surface area (Å²) >= 11 is 6.37. The van der Waals surface area contributed by atoms with Gasteiger partial charge in [0, 0.05) is 42.6 Å². The van der Waals surface area contributed by atoms with Crippen LogP contribution < -0.4 is 26.4 Å². The molecule has 13 nitrogen and oxygen atoms in total. The number of ether oxygens (including phenoxy) is 1. The maximum atomic E-state index is 14.0. The zero-order valence-electron chi connectivity index (χ0n) is 29.5. The average molecular weight is 793 g/mol. The van der Waals surface area contributed by atoms with Gasteiger partial charge in [-0.2, -0.15) is 13.2 Å². The van der Waals surface area contributed by atoms with E-state index in [2.05, 4.69) is 20.9 Å². The summed E-state index contributed by atoms with van der Waals surface area (Å²) in [7, 11) is -3.71. The first-order valence-electron chi connectivity index (χ1n) is 16.8. The fourth-order valence-corrected chi connectivity index (χ4v) is 6.89. The molecule has 290 valence electrons. The van der Waals surface area contributed by atoms with Gasteiger partial charge in [0.1, 0.15) is 17.6 Å². The summed E-state index contributed by atoms with van der Waals surface area (Å²) in [5.41, 5.74) is 8.05. The molecule has 0 saturated carbocycles. The number of carbonyl (C=O) groups is 3. The molecule has 0 radical (unpaired) electrons. The van der Waals surface area contributed by atoms with Crippen molar-refractivity contribution in [1.29, 1.82) is 0 Å². The first-order chi connectivity index (χ1) is 25.4. The Morgan fingerprint density at radius 2 is 1.69 bits per heavy atom. The molecule has 0 bridgehead atoms. The molecule has 5 rings (SSSR count). The number of alkyl halides is 3. The molecule has 1 aliphatic heterocycles. The van der Waals surface area contributed by atoms with Gasteiger partial charge < -0.3 is 36.4 Å². The molecule has 1 unspecified atom stereocenters. The highest BCUT2D eigenvalue weighted by Gasteiger charge is 2.38. The lowest BCUT2D eigenvalue weighted by Crippen LogP contribution is -2.34. The zero-order valence-corrected chi connectivity index (χ0v) is 31.1. The van der Waals surface area contributed by atoms with Crippen molar-refractivity contribution in [1.82, 2.24) is 15.2 Å². The first kappa shape index (κ1) is 41.5. The van der Waals surface area contributed by atoms with Crippen LogP contribution in [0.4, 0.5) is 35.2 Å². The van der Waals surface area contributed by atoms with Crippen molar-refractivity contribution in [2.75, 3.05) is 36.1 Å². The number of nitrogens with zero attached hydrogens (tertiary/aromatic N) is 2. The minimum absolute atomic E-state index is 0.0855. The third kappa shape index (κ3) is 10.4. The maximum Gasteiger partial charge on any atom is 0.490 e. The summed E-state index contributed by atoms with van der Waals surface area (Å²) in [6.07, 6.45) is -1.59. The fourth-order valence-electron chi connectivity index (χ4n) is 5.46. The summed E-state index contributed by atoms with van der Waals surface area (Å²) in [6.45, 7) is 6.64. The van der Waals surface area contributed by atoms with Crippen LogP contribution in [0.3, 0.4) is 0 Å². The van der Waals surface area contributed by atoms with E-state index < -0.39 is 39.2 Å². The Labute approximate surface area is 314 Å². The highest BCUT2D eigenvalue weighted by molar-refractivity contribution is 7.92. The van der Waals surface area contributed by atoms with Crippen LogP contribution >= 0.6 is 11.6 Å². The van der Waals surface area contributed by atoms with Crippen LogP contribution in [0.15, 0.2) is 71.8 Å². The Morgan fingerprint density at radius 1 is 1.02 bits per heavy atom. The van der Waals surface area contributed by atoms with Crippen molar-refractivity contribution in [3.63, 3.8) is 0 Å². The number of amides is 3. The quantitative estimate of drug-likeness (QED) is 0.108. The van der Waals surface area contributed by atoms with Gasteiger partial charge >= 0.3 is 18.2 Å². The summed E-state index contributed by atoms with van der Waals surface area (Å²) in [4.78, 5) is 41.6. The van der Waals surface area contributed by atoms with Crippen LogP contribution in [0.1, 0.15) is 50.8 Å². The number of hydrogen-bond donors (Lipinski definition) is 5. The summed E-state index contributed by atoms with van der Waals surface area (Å²) in [5.74, 6) is -2.36. The standard InChI is InChI=1S/C34H39ClN6O5S.C2HF3O2/c1-4-46-29-19-23(7-11-28(29)35)31(39-25-8-10-27-22(17-25)13-14-37-32(27)36)33(42)38-20-24-18-26(40-34(43)41-15-5-6-16-41)9-12-30(24)47(44,45)21(2)3;3-2(4,5)1(6)7/h7-14,17-19,21,31,39H,4-6,15-16,20H2,1-3H3,(H2,36,37)(H,38,42)(H,40,43);(H,6,7). The van der Waals surface area contributed by atoms with Crippen molar-refractivity contribution in [3.8, 4) is 5.75 Å². The van der Waals surface area contributed by atoms with Crippen molar-refractivity contribution in [3.05, 3.63) is 83.0 Å². The number of halogens is 4. The SMILES string of the molecule is CCOc1cc(C(Nc2ccc3c(N)nccc3c2)C(=O)NCc2cc(NC(=O)N3CCCC3)ccc2S(=O)(=O)C(C)C)ccc1Cl.O=C(O)C(F)(F)F. The van der Waals surface area contributed by atoms with Gasteiger partial charge in [0.05, 0.1) is 21.8 Å². The van der Waals surface area contributed by atoms with Gasteiger partial charge in [0.15, 0.2) is 9.84 Å². The van der Waals surface area contributed by atoms with Gasteiger partial charge in [0.25, 0.3) is 0 Å². The molecule has 3 aromatic carbocycles. The van der Waals surface area contributed by atoms with Crippen molar-refractivity contribution >= 4 is 67.3 Å². The normalized spacial score (nSPS) is 13.5. The van der Waals surface area contributed by atoms with Crippen LogP contribution in [0.5, 0.6) is 5.75 Å². The number of pyridine rings is 1. The number of carboxylic acids is 1. The lowest BCUT2D eigenvalue weighted by Gasteiger charge is -2.22. The second kappa shape index (κ2) is 17.7.